The molecule has 0 spiro atoms. The zero-order chi connectivity index (χ0) is 7.14. The minimum absolute atomic E-state index is 0.164. The molecule has 2 heterocycles. The van der Waals surface area contributed by atoms with Crippen molar-refractivity contribution in [1.29, 1.82) is 0 Å². The molecule has 56 valence electrons. The van der Waals surface area contributed by atoms with Gasteiger partial charge in [-0.1, -0.05) is 0 Å². The third-order valence-corrected chi connectivity index (χ3v) is 1.67. The summed E-state index contributed by atoms with van der Waals surface area (Å²) in [6.07, 6.45) is -1.94. The van der Waals surface area contributed by atoms with Crippen LogP contribution in [0.3, 0.4) is 0 Å². The highest BCUT2D eigenvalue weighted by atomic mass is 16.7. The molecule has 0 aliphatic carbocycles. The third kappa shape index (κ3) is 0.676. The number of alkyl carbamates (subject to hydrolysis) is 1. The Kier molecular flexibility index (Phi) is 1.09. The largest absolute Gasteiger partial charge is 0.439 e. The Balaban J connectivity index is 2.12. The van der Waals surface area contributed by atoms with Crippen LogP contribution in [0.15, 0.2) is 0 Å². The Hall–Kier alpha value is -0.810. The summed E-state index contributed by atoms with van der Waals surface area (Å²) in [7, 11) is 0. The standard InChI is InChI=1S/C5H7NO4/c7-4-3-2(1-9-4)6-5(8)10-3/h2-4,7H,1H2,(H,6,8)/t2-,3-,4-/m0/s1. The molecule has 0 radical (unpaired) electrons. The van der Waals surface area contributed by atoms with Gasteiger partial charge in [-0.2, -0.15) is 0 Å². The first-order valence-electron chi connectivity index (χ1n) is 3.04. The maximum atomic E-state index is 10.5. The smallest absolute Gasteiger partial charge is 0.408 e. The average molecular weight is 145 g/mol. The number of aliphatic hydroxyl groups excluding tert-OH is 1. The summed E-state index contributed by atoms with van der Waals surface area (Å²) in [4.78, 5) is 10.5. The molecule has 0 aromatic heterocycles. The van der Waals surface area contributed by atoms with Gasteiger partial charge in [-0.15, -0.1) is 0 Å². The molecule has 2 aliphatic heterocycles. The van der Waals surface area contributed by atoms with E-state index in [0.29, 0.717) is 6.61 Å². The van der Waals surface area contributed by atoms with Gasteiger partial charge >= 0.3 is 6.09 Å². The van der Waals surface area contributed by atoms with E-state index in [1.807, 2.05) is 0 Å². The van der Waals surface area contributed by atoms with Crippen LogP contribution in [0.1, 0.15) is 0 Å². The van der Waals surface area contributed by atoms with Gasteiger partial charge in [0.1, 0.15) is 0 Å². The van der Waals surface area contributed by atoms with Crippen molar-refractivity contribution in [2.45, 2.75) is 18.4 Å². The molecule has 2 rings (SSSR count). The lowest BCUT2D eigenvalue weighted by molar-refractivity contribution is -0.106. The molecule has 0 aromatic rings. The third-order valence-electron chi connectivity index (χ3n) is 1.67. The lowest BCUT2D eigenvalue weighted by atomic mass is 10.2. The fourth-order valence-electron chi connectivity index (χ4n) is 1.16. The van der Waals surface area contributed by atoms with Gasteiger partial charge in [0.2, 0.25) is 0 Å². The Morgan fingerprint density at radius 1 is 1.70 bits per heavy atom. The predicted octanol–water partition coefficient (Wildman–Crippen LogP) is -1.19. The van der Waals surface area contributed by atoms with Gasteiger partial charge in [0.15, 0.2) is 12.4 Å². The first-order valence-corrected chi connectivity index (χ1v) is 3.04. The Morgan fingerprint density at radius 2 is 2.50 bits per heavy atom. The van der Waals surface area contributed by atoms with Crippen LogP contribution in [0.4, 0.5) is 4.79 Å². The zero-order valence-corrected chi connectivity index (χ0v) is 5.11. The zero-order valence-electron chi connectivity index (χ0n) is 5.11. The number of aliphatic hydroxyl groups is 1. The second-order valence-electron chi connectivity index (χ2n) is 2.34. The molecule has 0 bridgehead atoms. The first-order chi connectivity index (χ1) is 4.77. The summed E-state index contributed by atoms with van der Waals surface area (Å²) < 4.78 is 9.46. The van der Waals surface area contributed by atoms with E-state index in [1.165, 1.54) is 0 Å². The SMILES string of the molecule is O=C1N[C@H]2CO[C@H](O)[C@H]2O1. The predicted molar refractivity (Wildman–Crippen MR) is 29.2 cm³/mol. The molecule has 1 amide bonds. The number of rotatable bonds is 0. The van der Waals surface area contributed by atoms with Crippen LogP contribution < -0.4 is 5.32 Å². The summed E-state index contributed by atoms with van der Waals surface area (Å²) in [5.74, 6) is 0. The van der Waals surface area contributed by atoms with E-state index in [-0.39, 0.29) is 6.04 Å². The van der Waals surface area contributed by atoms with Crippen molar-refractivity contribution >= 4 is 6.09 Å². The Morgan fingerprint density at radius 3 is 3.20 bits per heavy atom. The lowest BCUT2D eigenvalue weighted by Crippen LogP contribution is -2.32. The second kappa shape index (κ2) is 1.83. The minimum atomic E-state index is -0.955. The van der Waals surface area contributed by atoms with Gasteiger partial charge in [-0.05, 0) is 0 Å². The first kappa shape index (κ1) is 5.94. The van der Waals surface area contributed by atoms with E-state index < -0.39 is 18.5 Å². The summed E-state index contributed by atoms with van der Waals surface area (Å²) in [5.41, 5.74) is 0. The number of carbonyl (C=O) groups excluding carboxylic acids is 1. The number of carbonyl (C=O) groups is 1. The average Bonchev–Trinajstić information content (AvgIpc) is 2.35. The van der Waals surface area contributed by atoms with E-state index in [9.17, 15) is 4.79 Å². The van der Waals surface area contributed by atoms with Crippen molar-refractivity contribution in [2.75, 3.05) is 6.61 Å². The number of hydrogen-bond donors (Lipinski definition) is 2. The van der Waals surface area contributed by atoms with Gasteiger partial charge in [-0.25, -0.2) is 4.79 Å². The van der Waals surface area contributed by atoms with Crippen LogP contribution in [-0.2, 0) is 9.47 Å². The Bertz CT molecular complexity index is 171. The highest BCUT2D eigenvalue weighted by molar-refractivity contribution is 5.70. The van der Waals surface area contributed by atoms with Gasteiger partial charge in [0, 0.05) is 0 Å². The molecular formula is C5H7NO4. The van der Waals surface area contributed by atoms with E-state index in [1.54, 1.807) is 0 Å². The van der Waals surface area contributed by atoms with E-state index in [0.717, 1.165) is 0 Å². The summed E-state index contributed by atoms with van der Waals surface area (Å²) in [6, 6.07) is -0.164. The normalized spacial score (nSPS) is 44.5. The summed E-state index contributed by atoms with van der Waals surface area (Å²) in [5, 5.41) is 11.5. The maximum Gasteiger partial charge on any atom is 0.408 e. The topological polar surface area (TPSA) is 67.8 Å². The van der Waals surface area contributed by atoms with Gasteiger partial charge in [-0.3, -0.25) is 0 Å². The molecule has 2 aliphatic rings. The molecule has 2 N–H and O–H groups in total. The van der Waals surface area contributed by atoms with Crippen molar-refractivity contribution in [3.63, 3.8) is 0 Å². The molecule has 0 saturated carbocycles. The molecule has 10 heavy (non-hydrogen) atoms. The Labute approximate surface area is 56.9 Å². The fraction of sp³-hybridized carbons (Fsp3) is 0.800. The van der Waals surface area contributed by atoms with E-state index >= 15 is 0 Å². The number of nitrogens with one attached hydrogen (secondary N) is 1. The molecular weight excluding hydrogens is 138 g/mol. The van der Waals surface area contributed by atoms with Crippen molar-refractivity contribution in [2.24, 2.45) is 0 Å². The van der Waals surface area contributed by atoms with Crippen LogP contribution in [0.2, 0.25) is 0 Å². The molecule has 0 unspecified atom stereocenters. The number of amides is 1. The molecule has 3 atom stereocenters. The molecule has 2 fully saturated rings. The molecule has 5 nitrogen and oxygen atoms in total. The van der Waals surface area contributed by atoms with Crippen LogP contribution >= 0.6 is 0 Å². The van der Waals surface area contributed by atoms with E-state index in [2.05, 4.69) is 10.1 Å². The summed E-state index contributed by atoms with van der Waals surface area (Å²) in [6.45, 7) is 0.331. The monoisotopic (exact) mass is 145 g/mol. The number of fused-ring (bicyclic) bond motifs is 1. The fourth-order valence-corrected chi connectivity index (χ4v) is 1.16. The van der Waals surface area contributed by atoms with Gasteiger partial charge in [0.05, 0.1) is 12.6 Å². The van der Waals surface area contributed by atoms with Crippen LogP contribution in [0.5, 0.6) is 0 Å². The molecule has 5 heteroatoms. The minimum Gasteiger partial charge on any atom is -0.439 e. The van der Waals surface area contributed by atoms with Crippen LogP contribution in [-0.4, -0.2) is 36.2 Å². The van der Waals surface area contributed by atoms with Gasteiger partial charge in [0.25, 0.3) is 0 Å². The quantitative estimate of drug-likeness (QED) is 0.450. The van der Waals surface area contributed by atoms with Crippen molar-refractivity contribution in [3.8, 4) is 0 Å². The highest BCUT2D eigenvalue weighted by Crippen LogP contribution is 2.20. The molecule has 2 saturated heterocycles. The lowest BCUT2D eigenvalue weighted by Gasteiger charge is -2.06. The van der Waals surface area contributed by atoms with Crippen LogP contribution in [0.25, 0.3) is 0 Å². The van der Waals surface area contributed by atoms with Crippen LogP contribution in [0, 0.1) is 0 Å². The number of ether oxygens (including phenoxy) is 2. The van der Waals surface area contributed by atoms with Crippen molar-refractivity contribution in [3.05, 3.63) is 0 Å². The van der Waals surface area contributed by atoms with Gasteiger partial charge < -0.3 is 19.9 Å². The molecule has 0 aromatic carbocycles. The summed E-state index contributed by atoms with van der Waals surface area (Å²) >= 11 is 0. The number of hydrogen-bond acceptors (Lipinski definition) is 4. The maximum absolute atomic E-state index is 10.5. The highest BCUT2D eigenvalue weighted by Gasteiger charge is 2.45. The van der Waals surface area contributed by atoms with E-state index in [4.69, 9.17) is 9.84 Å². The van der Waals surface area contributed by atoms with Crippen molar-refractivity contribution < 1.29 is 19.4 Å². The van der Waals surface area contributed by atoms with Crippen molar-refractivity contribution in [1.82, 2.24) is 5.32 Å². The second-order valence-corrected chi connectivity index (χ2v) is 2.34.